The highest BCUT2D eigenvalue weighted by Gasteiger charge is 2.24. The lowest BCUT2D eigenvalue weighted by Crippen LogP contribution is -2.16. The molecule has 38 heavy (non-hydrogen) atoms. The number of thiazole rings is 1. The van der Waals surface area contributed by atoms with Crippen molar-refractivity contribution in [1.29, 1.82) is 0 Å². The predicted molar refractivity (Wildman–Crippen MR) is 143 cm³/mol. The Kier molecular flexibility index (Phi) is 6.65. The normalized spacial score (nSPS) is 14.2. The van der Waals surface area contributed by atoms with Gasteiger partial charge in [-0.25, -0.2) is 19.3 Å². The van der Waals surface area contributed by atoms with Crippen molar-refractivity contribution in [2.75, 3.05) is 18.9 Å². The van der Waals surface area contributed by atoms with Crippen LogP contribution in [0.15, 0.2) is 61.1 Å². The molecule has 1 aliphatic rings. The first-order valence-corrected chi connectivity index (χ1v) is 13.2. The summed E-state index contributed by atoms with van der Waals surface area (Å²) in [6, 6.07) is 11.8. The van der Waals surface area contributed by atoms with Gasteiger partial charge < -0.3 is 19.9 Å². The van der Waals surface area contributed by atoms with E-state index in [0.717, 1.165) is 58.5 Å². The van der Waals surface area contributed by atoms with Crippen LogP contribution in [0.4, 0.5) is 10.2 Å². The minimum atomic E-state index is -0.442. The smallest absolute Gasteiger partial charge is 0.150 e. The Morgan fingerprint density at radius 2 is 1.87 bits per heavy atom. The second-order valence-electron chi connectivity index (χ2n) is 9.12. The maximum Gasteiger partial charge on any atom is 0.150 e. The summed E-state index contributed by atoms with van der Waals surface area (Å²) in [6.45, 7) is 3.69. The van der Waals surface area contributed by atoms with Gasteiger partial charge in [-0.3, -0.25) is 4.40 Å². The Morgan fingerprint density at radius 3 is 2.63 bits per heavy atom. The fourth-order valence-electron chi connectivity index (χ4n) is 4.65. The molecule has 2 aromatic carbocycles. The Labute approximate surface area is 222 Å². The fourth-order valence-corrected chi connectivity index (χ4v) is 5.36. The molecule has 0 radical (unpaired) electrons. The van der Waals surface area contributed by atoms with Crippen LogP contribution in [0.3, 0.4) is 0 Å². The van der Waals surface area contributed by atoms with E-state index in [1.807, 2.05) is 41.8 Å². The number of anilines is 1. The number of aryl methyl sites for hydroxylation is 1. The van der Waals surface area contributed by atoms with Crippen LogP contribution in [0, 0.1) is 12.7 Å². The zero-order chi connectivity index (χ0) is 26.1. The second kappa shape index (κ2) is 10.4. The lowest BCUT2D eigenvalue weighted by molar-refractivity contribution is 0.0835. The quantitative estimate of drug-likeness (QED) is 0.269. The van der Waals surface area contributed by atoms with Gasteiger partial charge in [-0.1, -0.05) is 0 Å². The molecular weight excluding hydrogens is 505 g/mol. The number of aromatic nitrogens is 4. The van der Waals surface area contributed by atoms with Crippen molar-refractivity contribution in [3.8, 4) is 28.5 Å². The molecule has 0 aliphatic carbocycles. The summed E-state index contributed by atoms with van der Waals surface area (Å²) in [7, 11) is 0. The van der Waals surface area contributed by atoms with E-state index in [1.165, 1.54) is 12.1 Å². The van der Waals surface area contributed by atoms with Crippen molar-refractivity contribution in [2.24, 2.45) is 0 Å². The second-order valence-corrected chi connectivity index (χ2v) is 10.4. The van der Waals surface area contributed by atoms with Crippen LogP contribution in [0.25, 0.3) is 16.8 Å². The summed E-state index contributed by atoms with van der Waals surface area (Å²) in [5.74, 6) is 2.53. The number of ether oxygens (including phenoxy) is 3. The van der Waals surface area contributed by atoms with Crippen LogP contribution in [0.2, 0.25) is 0 Å². The van der Waals surface area contributed by atoms with Crippen LogP contribution in [0.1, 0.15) is 34.5 Å². The first-order chi connectivity index (χ1) is 18.5. The SMILES string of the molecule is Cc1ncc(COc2cc(F)cc(Oc3ccc(-c4nc(C5CCOCC5)n5ccnc(N)c45)cc3)c2)s1. The first-order valence-electron chi connectivity index (χ1n) is 12.4. The van der Waals surface area contributed by atoms with E-state index in [1.54, 1.807) is 29.8 Å². The van der Waals surface area contributed by atoms with Gasteiger partial charge in [-0.05, 0) is 44.0 Å². The molecule has 3 aromatic heterocycles. The number of fused-ring (bicyclic) bond motifs is 1. The molecule has 8 nitrogen and oxygen atoms in total. The highest BCUT2D eigenvalue weighted by molar-refractivity contribution is 7.11. The van der Waals surface area contributed by atoms with Gasteiger partial charge in [-0.15, -0.1) is 11.3 Å². The summed E-state index contributed by atoms with van der Waals surface area (Å²) < 4.78 is 33.6. The number of nitrogens with zero attached hydrogens (tertiary/aromatic N) is 4. The maximum absolute atomic E-state index is 14.3. The van der Waals surface area contributed by atoms with Crippen molar-refractivity contribution >= 4 is 22.7 Å². The highest BCUT2D eigenvalue weighted by atomic mass is 32.1. The molecule has 0 saturated carbocycles. The molecule has 1 saturated heterocycles. The third-order valence-corrected chi connectivity index (χ3v) is 7.34. The van der Waals surface area contributed by atoms with Gasteiger partial charge in [-0.2, -0.15) is 0 Å². The topological polar surface area (TPSA) is 96.8 Å². The lowest BCUT2D eigenvalue weighted by atomic mass is 10.00. The molecule has 5 aromatic rings. The fraction of sp³-hybridized carbons (Fsp3) is 0.250. The number of hydrogen-bond donors (Lipinski definition) is 1. The molecule has 0 unspecified atom stereocenters. The average Bonchev–Trinajstić information content (AvgIpc) is 3.52. The van der Waals surface area contributed by atoms with E-state index in [2.05, 4.69) is 9.97 Å². The number of nitrogens with two attached hydrogens (primary N) is 1. The van der Waals surface area contributed by atoms with Gasteiger partial charge in [0.15, 0.2) is 0 Å². The van der Waals surface area contributed by atoms with Crippen LogP contribution >= 0.6 is 11.3 Å². The summed E-state index contributed by atoms with van der Waals surface area (Å²) in [6.07, 6.45) is 7.19. The monoisotopic (exact) mass is 531 g/mol. The standard InChI is InChI=1S/C28H26FN5O3S/c1-17-32-15-24(38-17)16-36-22-12-20(29)13-23(14-22)37-21-4-2-18(3-5-21)25-26-27(30)31-8-9-34(26)28(33-25)19-6-10-35-11-7-19/h2-5,8-9,12-15,19H,6-7,10-11,16H2,1H3,(H2,30,31). The van der Waals surface area contributed by atoms with Gasteiger partial charge in [0.2, 0.25) is 0 Å². The summed E-state index contributed by atoms with van der Waals surface area (Å²) in [5, 5.41) is 0.956. The highest BCUT2D eigenvalue weighted by Crippen LogP contribution is 2.35. The number of imidazole rings is 1. The number of nitrogen functional groups attached to an aromatic ring is 1. The Balaban J connectivity index is 1.23. The minimum Gasteiger partial charge on any atom is -0.488 e. The lowest BCUT2D eigenvalue weighted by Gasteiger charge is -2.20. The predicted octanol–water partition coefficient (Wildman–Crippen LogP) is 6.15. The third-order valence-electron chi connectivity index (χ3n) is 6.46. The summed E-state index contributed by atoms with van der Waals surface area (Å²) >= 11 is 1.54. The largest absolute Gasteiger partial charge is 0.488 e. The molecular formula is C28H26FN5O3S. The molecule has 0 spiro atoms. The van der Waals surface area contributed by atoms with Gasteiger partial charge in [0.1, 0.15) is 52.5 Å². The summed E-state index contributed by atoms with van der Waals surface area (Å²) in [4.78, 5) is 14.5. The van der Waals surface area contributed by atoms with Gasteiger partial charge in [0.25, 0.3) is 0 Å². The zero-order valence-corrected chi connectivity index (χ0v) is 21.6. The van der Waals surface area contributed by atoms with E-state index in [-0.39, 0.29) is 0 Å². The third kappa shape index (κ3) is 5.05. The molecule has 2 N–H and O–H groups in total. The van der Waals surface area contributed by atoms with Gasteiger partial charge >= 0.3 is 0 Å². The van der Waals surface area contributed by atoms with Crippen molar-refractivity contribution in [2.45, 2.75) is 32.3 Å². The van der Waals surface area contributed by atoms with Gasteiger partial charge in [0, 0.05) is 61.5 Å². The maximum atomic E-state index is 14.3. The number of halogens is 1. The molecule has 0 bridgehead atoms. The Bertz CT molecular complexity index is 1580. The van der Waals surface area contributed by atoms with Crippen molar-refractivity contribution in [1.82, 2.24) is 19.4 Å². The van der Waals surface area contributed by atoms with E-state index in [4.69, 9.17) is 24.9 Å². The molecule has 10 heteroatoms. The van der Waals surface area contributed by atoms with E-state index in [0.29, 0.717) is 35.6 Å². The molecule has 0 atom stereocenters. The number of benzene rings is 2. The van der Waals surface area contributed by atoms with Crippen LogP contribution in [0.5, 0.6) is 17.2 Å². The molecule has 4 heterocycles. The van der Waals surface area contributed by atoms with Crippen molar-refractivity contribution < 1.29 is 18.6 Å². The average molecular weight is 532 g/mol. The van der Waals surface area contributed by atoms with Crippen molar-refractivity contribution in [3.63, 3.8) is 0 Å². The Hall–Kier alpha value is -4.02. The van der Waals surface area contributed by atoms with E-state index in [9.17, 15) is 4.39 Å². The van der Waals surface area contributed by atoms with Crippen LogP contribution in [-0.4, -0.2) is 32.6 Å². The van der Waals surface area contributed by atoms with Gasteiger partial charge in [0.05, 0.1) is 9.88 Å². The molecule has 1 aliphatic heterocycles. The van der Waals surface area contributed by atoms with Crippen LogP contribution < -0.4 is 15.2 Å². The minimum absolute atomic E-state index is 0.291. The number of hydrogen-bond acceptors (Lipinski definition) is 8. The molecule has 0 amide bonds. The van der Waals surface area contributed by atoms with E-state index < -0.39 is 5.82 Å². The molecule has 194 valence electrons. The summed E-state index contributed by atoms with van der Waals surface area (Å²) in [5.41, 5.74) is 8.72. The van der Waals surface area contributed by atoms with Crippen LogP contribution in [-0.2, 0) is 11.3 Å². The van der Waals surface area contributed by atoms with E-state index >= 15 is 0 Å². The zero-order valence-electron chi connectivity index (χ0n) is 20.8. The molecule has 6 rings (SSSR count). The number of rotatable bonds is 7. The first kappa shape index (κ1) is 24.3. The molecule has 1 fully saturated rings. The Morgan fingerprint density at radius 1 is 1.08 bits per heavy atom. The van der Waals surface area contributed by atoms with Crippen molar-refractivity contribution in [3.05, 3.63) is 82.6 Å².